The molecule has 2 aliphatic rings. The van der Waals surface area contributed by atoms with E-state index in [9.17, 15) is 9.59 Å². The normalized spacial score (nSPS) is 18.4. The maximum absolute atomic E-state index is 12.5. The van der Waals surface area contributed by atoms with Crippen molar-refractivity contribution in [2.45, 2.75) is 12.0 Å². The molecule has 0 spiro atoms. The molecule has 1 atom stereocenters. The predicted molar refractivity (Wildman–Crippen MR) is 100 cm³/mol. The molecule has 0 saturated carbocycles. The molecular formula is C19H15ClN4O2. The van der Waals surface area contributed by atoms with Gasteiger partial charge in [0.25, 0.3) is 11.8 Å². The van der Waals surface area contributed by atoms with Crippen LogP contribution in [-0.4, -0.2) is 28.6 Å². The first-order chi connectivity index (χ1) is 12.6. The lowest BCUT2D eigenvalue weighted by molar-refractivity contribution is 0.0642. The van der Waals surface area contributed by atoms with Gasteiger partial charge < -0.3 is 10.6 Å². The van der Waals surface area contributed by atoms with E-state index in [1.807, 2.05) is 24.3 Å². The molecule has 0 aliphatic carbocycles. The lowest BCUT2D eigenvalue weighted by Crippen LogP contribution is -2.29. The van der Waals surface area contributed by atoms with Crippen LogP contribution in [0.2, 0.25) is 0 Å². The van der Waals surface area contributed by atoms with Crippen molar-refractivity contribution < 1.29 is 9.59 Å². The standard InChI is InChI=1S/C19H15ClN4O2/c20-16-9-17(22-11-21-16)23-13-5-3-4-12(8-13)10-24-18(25)14-6-1-2-7-15(14)19(24)26/h1-9,11,16,23H,10H2,(H,21,22). The predicted octanol–water partition coefficient (Wildman–Crippen LogP) is 2.93. The number of nitrogens with one attached hydrogen (secondary N) is 2. The number of rotatable bonds is 4. The highest BCUT2D eigenvalue weighted by molar-refractivity contribution is 6.22. The number of imide groups is 1. The summed E-state index contributed by atoms with van der Waals surface area (Å²) in [6.45, 7) is 0.212. The molecule has 0 aromatic heterocycles. The Labute approximate surface area is 155 Å². The molecule has 26 heavy (non-hydrogen) atoms. The van der Waals surface area contributed by atoms with Crippen LogP contribution in [0, 0.1) is 0 Å². The fraction of sp³-hybridized carbons (Fsp3) is 0.105. The number of carbonyl (C=O) groups is 2. The average Bonchev–Trinajstić information content (AvgIpc) is 2.88. The fourth-order valence-corrected chi connectivity index (χ4v) is 3.12. The highest BCUT2D eigenvalue weighted by Crippen LogP contribution is 2.25. The summed E-state index contributed by atoms with van der Waals surface area (Å²) in [6, 6.07) is 14.4. The summed E-state index contributed by atoms with van der Waals surface area (Å²) >= 11 is 6.00. The van der Waals surface area contributed by atoms with E-state index in [0.29, 0.717) is 16.9 Å². The second-order valence-electron chi connectivity index (χ2n) is 5.95. The maximum atomic E-state index is 12.5. The van der Waals surface area contributed by atoms with Crippen molar-refractivity contribution in [2.24, 2.45) is 4.99 Å². The Kier molecular flexibility index (Phi) is 4.18. The number of aliphatic imine (C=N–C) groups is 1. The molecule has 0 bridgehead atoms. The molecule has 4 rings (SSSR count). The van der Waals surface area contributed by atoms with Crippen LogP contribution in [0.5, 0.6) is 0 Å². The van der Waals surface area contributed by atoms with E-state index < -0.39 is 0 Å². The van der Waals surface area contributed by atoms with Crippen LogP contribution in [0.1, 0.15) is 26.3 Å². The Morgan fingerprint density at radius 1 is 1.08 bits per heavy atom. The van der Waals surface area contributed by atoms with Gasteiger partial charge in [-0.1, -0.05) is 35.9 Å². The summed E-state index contributed by atoms with van der Waals surface area (Å²) in [6.07, 6.45) is 3.28. The maximum Gasteiger partial charge on any atom is 0.261 e. The number of fused-ring (bicyclic) bond motifs is 1. The molecule has 7 heteroatoms. The molecule has 2 heterocycles. The number of amides is 2. The molecule has 2 N–H and O–H groups in total. The zero-order valence-electron chi connectivity index (χ0n) is 13.6. The summed E-state index contributed by atoms with van der Waals surface area (Å²) in [5.74, 6) is 0.0980. The summed E-state index contributed by atoms with van der Waals surface area (Å²) < 4.78 is 0. The van der Waals surface area contributed by atoms with Crippen molar-refractivity contribution in [3.05, 3.63) is 77.1 Å². The number of benzene rings is 2. The van der Waals surface area contributed by atoms with Crippen molar-refractivity contribution in [3.63, 3.8) is 0 Å². The quantitative estimate of drug-likeness (QED) is 0.495. The van der Waals surface area contributed by atoms with E-state index >= 15 is 0 Å². The van der Waals surface area contributed by atoms with Crippen LogP contribution in [0.3, 0.4) is 0 Å². The molecule has 0 saturated heterocycles. The van der Waals surface area contributed by atoms with Crippen LogP contribution < -0.4 is 10.6 Å². The topological polar surface area (TPSA) is 73.8 Å². The first kappa shape index (κ1) is 16.4. The second-order valence-corrected chi connectivity index (χ2v) is 6.42. The molecule has 6 nitrogen and oxygen atoms in total. The monoisotopic (exact) mass is 366 g/mol. The van der Waals surface area contributed by atoms with Crippen LogP contribution in [0.4, 0.5) is 5.69 Å². The number of halogens is 1. The van der Waals surface area contributed by atoms with Gasteiger partial charge in [0.15, 0.2) is 0 Å². The molecule has 0 radical (unpaired) electrons. The van der Waals surface area contributed by atoms with Gasteiger partial charge in [0.1, 0.15) is 11.3 Å². The van der Waals surface area contributed by atoms with Crippen molar-refractivity contribution in [3.8, 4) is 0 Å². The lowest BCUT2D eigenvalue weighted by atomic mass is 10.1. The third-order valence-electron chi connectivity index (χ3n) is 4.16. The van der Waals surface area contributed by atoms with E-state index in [1.165, 1.54) is 11.2 Å². The molecule has 2 aromatic carbocycles. The zero-order chi connectivity index (χ0) is 18.1. The van der Waals surface area contributed by atoms with Crippen molar-refractivity contribution in [1.82, 2.24) is 10.2 Å². The van der Waals surface area contributed by atoms with Crippen LogP contribution in [0.15, 0.2) is 65.4 Å². The minimum absolute atomic E-state index is 0.212. The van der Waals surface area contributed by atoms with Crippen LogP contribution in [-0.2, 0) is 6.54 Å². The number of carbonyl (C=O) groups excluding carboxylic acids is 2. The average molecular weight is 367 g/mol. The van der Waals surface area contributed by atoms with Crippen molar-refractivity contribution in [2.75, 3.05) is 5.32 Å². The first-order valence-corrected chi connectivity index (χ1v) is 8.51. The molecule has 1 unspecified atom stereocenters. The van der Waals surface area contributed by atoms with E-state index in [2.05, 4.69) is 15.6 Å². The smallest absolute Gasteiger partial charge is 0.261 e. The Balaban J connectivity index is 1.52. The van der Waals surface area contributed by atoms with Gasteiger partial charge in [-0.2, -0.15) is 0 Å². The van der Waals surface area contributed by atoms with E-state index in [4.69, 9.17) is 11.6 Å². The van der Waals surface area contributed by atoms with Gasteiger partial charge in [0, 0.05) is 5.69 Å². The number of alkyl halides is 1. The first-order valence-electron chi connectivity index (χ1n) is 8.07. The van der Waals surface area contributed by atoms with E-state index in [-0.39, 0.29) is 23.9 Å². The second kappa shape index (κ2) is 6.65. The Morgan fingerprint density at radius 2 is 1.81 bits per heavy atom. The number of hydrogen-bond donors (Lipinski definition) is 2. The highest BCUT2D eigenvalue weighted by Gasteiger charge is 2.34. The van der Waals surface area contributed by atoms with Gasteiger partial charge in [-0.25, -0.2) is 4.99 Å². The summed E-state index contributed by atoms with van der Waals surface area (Å²) in [7, 11) is 0. The van der Waals surface area contributed by atoms with Crippen LogP contribution >= 0.6 is 11.6 Å². The molecular weight excluding hydrogens is 352 g/mol. The Morgan fingerprint density at radius 3 is 2.50 bits per heavy atom. The van der Waals surface area contributed by atoms with Crippen LogP contribution in [0.25, 0.3) is 0 Å². The largest absolute Gasteiger partial charge is 0.357 e. The molecule has 130 valence electrons. The van der Waals surface area contributed by atoms with E-state index in [1.54, 1.807) is 30.3 Å². The van der Waals surface area contributed by atoms with E-state index in [0.717, 1.165) is 11.3 Å². The van der Waals surface area contributed by atoms with Crippen molar-refractivity contribution in [1.29, 1.82) is 0 Å². The fourth-order valence-electron chi connectivity index (χ4n) is 2.94. The van der Waals surface area contributed by atoms with Gasteiger partial charge in [-0.3, -0.25) is 14.5 Å². The SMILES string of the molecule is O=C1c2ccccc2C(=O)N1Cc1cccc(NC2=CC(Cl)NC=N2)c1. The number of nitrogens with zero attached hydrogens (tertiary/aromatic N) is 2. The summed E-state index contributed by atoms with van der Waals surface area (Å²) in [4.78, 5) is 30.4. The summed E-state index contributed by atoms with van der Waals surface area (Å²) in [5, 5.41) is 6.02. The minimum atomic E-state index is -0.323. The Bertz CT molecular complexity index is 919. The number of anilines is 1. The van der Waals surface area contributed by atoms with Gasteiger partial charge in [-0.05, 0) is 35.9 Å². The van der Waals surface area contributed by atoms with Gasteiger partial charge in [0.05, 0.1) is 24.0 Å². The Hall–Kier alpha value is -3.12. The zero-order valence-corrected chi connectivity index (χ0v) is 14.4. The third-order valence-corrected chi connectivity index (χ3v) is 4.41. The van der Waals surface area contributed by atoms with Gasteiger partial charge in [-0.15, -0.1) is 0 Å². The minimum Gasteiger partial charge on any atom is -0.357 e. The molecule has 0 fully saturated rings. The molecule has 2 aromatic rings. The number of hydrogen-bond acceptors (Lipinski definition) is 5. The van der Waals surface area contributed by atoms with Crippen molar-refractivity contribution >= 4 is 35.4 Å². The summed E-state index contributed by atoms with van der Waals surface area (Å²) in [5.41, 5.74) is 2.22. The molecule has 2 aliphatic heterocycles. The third kappa shape index (κ3) is 3.07. The highest BCUT2D eigenvalue weighted by atomic mass is 35.5. The van der Waals surface area contributed by atoms with Gasteiger partial charge >= 0.3 is 0 Å². The lowest BCUT2D eigenvalue weighted by Gasteiger charge is -2.16. The van der Waals surface area contributed by atoms with Gasteiger partial charge in [0.2, 0.25) is 0 Å². The molecule has 2 amide bonds.